The Hall–Kier alpha value is -0.750. The van der Waals surface area contributed by atoms with E-state index in [-0.39, 0.29) is 6.42 Å². The third-order valence-electron chi connectivity index (χ3n) is 4.12. The van der Waals surface area contributed by atoms with Crippen LogP contribution in [0.3, 0.4) is 0 Å². The van der Waals surface area contributed by atoms with Crippen LogP contribution in [0.15, 0.2) is 11.8 Å². The van der Waals surface area contributed by atoms with E-state index in [0.717, 1.165) is 19.3 Å². The lowest BCUT2D eigenvalue weighted by atomic mass is 9.74. The lowest BCUT2D eigenvalue weighted by molar-refractivity contribution is -0.199. The maximum atomic E-state index is 13.1. The van der Waals surface area contributed by atoms with Crippen molar-refractivity contribution >= 4 is 0 Å². The van der Waals surface area contributed by atoms with Gasteiger partial charge in [0.1, 0.15) is 5.76 Å². The van der Waals surface area contributed by atoms with Crippen LogP contribution in [0, 0.1) is 11.8 Å². The summed E-state index contributed by atoms with van der Waals surface area (Å²) in [6.45, 7) is 0.563. The zero-order valence-electron chi connectivity index (χ0n) is 10.9. The van der Waals surface area contributed by atoms with Crippen molar-refractivity contribution < 1.29 is 17.9 Å². The van der Waals surface area contributed by atoms with Crippen LogP contribution in [0.25, 0.3) is 0 Å². The van der Waals surface area contributed by atoms with Gasteiger partial charge < -0.3 is 4.74 Å². The van der Waals surface area contributed by atoms with Crippen molar-refractivity contribution in [1.82, 2.24) is 5.43 Å². The molecule has 1 aliphatic carbocycles. The van der Waals surface area contributed by atoms with Crippen LogP contribution in [0.2, 0.25) is 0 Å². The highest BCUT2D eigenvalue weighted by Crippen LogP contribution is 2.44. The molecule has 0 aromatic carbocycles. The van der Waals surface area contributed by atoms with Crippen molar-refractivity contribution in [2.45, 2.75) is 50.7 Å². The Morgan fingerprint density at radius 1 is 1.26 bits per heavy atom. The van der Waals surface area contributed by atoms with Gasteiger partial charge in [0.25, 0.3) is 0 Å². The average Bonchev–Trinajstić information content (AvgIpc) is 2.40. The molecule has 3 N–H and O–H groups in total. The third-order valence-corrected chi connectivity index (χ3v) is 4.12. The van der Waals surface area contributed by atoms with Gasteiger partial charge in [-0.05, 0) is 37.7 Å². The predicted molar refractivity (Wildman–Crippen MR) is 65.9 cm³/mol. The molecule has 0 amide bonds. The highest BCUT2D eigenvalue weighted by atomic mass is 19.4. The Morgan fingerprint density at radius 2 is 2.00 bits per heavy atom. The number of nitrogens with two attached hydrogens (primary N) is 1. The fraction of sp³-hybridized carbons (Fsp3) is 0.846. The average molecular weight is 278 g/mol. The standard InChI is InChI=1S/C13H21F3N2O/c14-13(15,16)10-6-2-1-5-9(10)12(18-17)11-7-3-4-8-19-11/h7,9-10,12,18H,1-6,8,17H2. The normalized spacial score (nSPS) is 30.4. The van der Waals surface area contributed by atoms with Crippen LogP contribution in [-0.2, 0) is 4.74 Å². The van der Waals surface area contributed by atoms with E-state index in [4.69, 9.17) is 10.6 Å². The lowest BCUT2D eigenvalue weighted by Gasteiger charge is -2.39. The summed E-state index contributed by atoms with van der Waals surface area (Å²) in [4.78, 5) is 0. The Kier molecular flexibility index (Phi) is 4.73. The molecule has 2 aliphatic rings. The summed E-state index contributed by atoms with van der Waals surface area (Å²) in [7, 11) is 0. The van der Waals surface area contributed by atoms with Gasteiger partial charge in [0.15, 0.2) is 0 Å². The summed E-state index contributed by atoms with van der Waals surface area (Å²) in [5, 5.41) is 0. The first-order valence-electron chi connectivity index (χ1n) is 6.89. The number of nitrogens with one attached hydrogen (secondary N) is 1. The molecule has 3 nitrogen and oxygen atoms in total. The molecule has 1 heterocycles. The number of hydrogen-bond acceptors (Lipinski definition) is 3. The summed E-state index contributed by atoms with van der Waals surface area (Å²) in [6.07, 6.45) is 1.66. The van der Waals surface area contributed by atoms with Crippen molar-refractivity contribution in [2.24, 2.45) is 17.7 Å². The monoisotopic (exact) mass is 278 g/mol. The smallest absolute Gasteiger partial charge is 0.392 e. The maximum absolute atomic E-state index is 13.1. The number of ether oxygens (including phenoxy) is 1. The second-order valence-corrected chi connectivity index (χ2v) is 5.34. The largest absolute Gasteiger partial charge is 0.497 e. The van der Waals surface area contributed by atoms with Crippen LogP contribution in [0.5, 0.6) is 0 Å². The Bertz CT molecular complexity index is 330. The molecular formula is C13H21F3N2O. The van der Waals surface area contributed by atoms with E-state index in [0.29, 0.717) is 25.2 Å². The SMILES string of the molecule is NNC(C1=CCCCO1)C1CCCCC1C(F)(F)F. The topological polar surface area (TPSA) is 47.3 Å². The third kappa shape index (κ3) is 3.42. The molecule has 0 aromatic heterocycles. The molecule has 3 unspecified atom stereocenters. The maximum Gasteiger partial charge on any atom is 0.392 e. The van der Waals surface area contributed by atoms with Gasteiger partial charge in [-0.2, -0.15) is 13.2 Å². The number of rotatable bonds is 3. The minimum atomic E-state index is -4.16. The van der Waals surface area contributed by atoms with Crippen LogP contribution in [-0.4, -0.2) is 18.8 Å². The lowest BCUT2D eigenvalue weighted by Crippen LogP contribution is -2.49. The zero-order chi connectivity index (χ0) is 13.9. The zero-order valence-corrected chi connectivity index (χ0v) is 10.9. The van der Waals surface area contributed by atoms with E-state index in [2.05, 4.69) is 5.43 Å². The molecule has 0 aromatic rings. The van der Waals surface area contributed by atoms with E-state index in [1.807, 2.05) is 6.08 Å². The van der Waals surface area contributed by atoms with Crippen LogP contribution in [0.1, 0.15) is 38.5 Å². The molecule has 0 radical (unpaired) electrons. The molecule has 0 spiro atoms. The van der Waals surface area contributed by atoms with Gasteiger partial charge in [-0.1, -0.05) is 12.8 Å². The Labute approximate surface area is 111 Å². The Morgan fingerprint density at radius 3 is 2.58 bits per heavy atom. The van der Waals surface area contributed by atoms with Gasteiger partial charge in [0.2, 0.25) is 0 Å². The highest BCUT2D eigenvalue weighted by molar-refractivity contribution is 5.09. The predicted octanol–water partition coefficient (Wildman–Crippen LogP) is 2.88. The number of hydrazine groups is 1. The molecule has 3 atom stereocenters. The molecule has 1 fully saturated rings. The summed E-state index contributed by atoms with van der Waals surface area (Å²) in [5.74, 6) is 4.29. The van der Waals surface area contributed by atoms with Crippen molar-refractivity contribution in [3.05, 3.63) is 11.8 Å². The number of allylic oxidation sites excluding steroid dienone is 1. The van der Waals surface area contributed by atoms with Gasteiger partial charge in [0.05, 0.1) is 18.6 Å². The van der Waals surface area contributed by atoms with Crippen LogP contribution in [0.4, 0.5) is 13.2 Å². The van der Waals surface area contributed by atoms with E-state index in [1.54, 1.807) is 0 Å². The summed E-state index contributed by atoms with van der Waals surface area (Å²) in [6, 6.07) is -0.521. The summed E-state index contributed by atoms with van der Waals surface area (Å²) in [5.41, 5.74) is 2.55. The molecule has 6 heteroatoms. The van der Waals surface area contributed by atoms with Gasteiger partial charge in [-0.15, -0.1) is 0 Å². The first kappa shape index (κ1) is 14.7. The van der Waals surface area contributed by atoms with Crippen LogP contribution >= 0.6 is 0 Å². The molecule has 0 saturated heterocycles. The molecular weight excluding hydrogens is 257 g/mol. The Balaban J connectivity index is 2.16. The number of alkyl halides is 3. The van der Waals surface area contributed by atoms with Gasteiger partial charge in [-0.25, -0.2) is 5.43 Å². The van der Waals surface area contributed by atoms with Crippen LogP contribution < -0.4 is 11.3 Å². The van der Waals surface area contributed by atoms with Crippen molar-refractivity contribution in [2.75, 3.05) is 6.61 Å². The molecule has 110 valence electrons. The molecule has 1 aliphatic heterocycles. The van der Waals surface area contributed by atoms with Gasteiger partial charge >= 0.3 is 6.18 Å². The number of hydrogen-bond donors (Lipinski definition) is 2. The summed E-state index contributed by atoms with van der Waals surface area (Å²) >= 11 is 0. The molecule has 19 heavy (non-hydrogen) atoms. The second kappa shape index (κ2) is 6.13. The van der Waals surface area contributed by atoms with E-state index < -0.39 is 24.1 Å². The number of halogens is 3. The first-order chi connectivity index (χ1) is 9.04. The fourth-order valence-electron chi connectivity index (χ4n) is 3.17. The highest BCUT2D eigenvalue weighted by Gasteiger charge is 2.48. The van der Waals surface area contributed by atoms with E-state index in [9.17, 15) is 13.2 Å². The summed E-state index contributed by atoms with van der Waals surface area (Å²) < 4.78 is 44.9. The molecule has 0 bridgehead atoms. The van der Waals surface area contributed by atoms with E-state index >= 15 is 0 Å². The minimum Gasteiger partial charge on any atom is -0.497 e. The second-order valence-electron chi connectivity index (χ2n) is 5.34. The van der Waals surface area contributed by atoms with Gasteiger partial charge in [0, 0.05) is 0 Å². The van der Waals surface area contributed by atoms with Crippen molar-refractivity contribution in [1.29, 1.82) is 0 Å². The van der Waals surface area contributed by atoms with Crippen molar-refractivity contribution in [3.8, 4) is 0 Å². The first-order valence-corrected chi connectivity index (χ1v) is 6.89. The fourth-order valence-corrected chi connectivity index (χ4v) is 3.17. The van der Waals surface area contributed by atoms with E-state index in [1.165, 1.54) is 0 Å². The molecule has 2 rings (SSSR count). The van der Waals surface area contributed by atoms with Crippen molar-refractivity contribution in [3.63, 3.8) is 0 Å². The van der Waals surface area contributed by atoms with Gasteiger partial charge in [-0.3, -0.25) is 5.84 Å². The molecule has 1 saturated carbocycles. The minimum absolute atomic E-state index is 0.194. The quantitative estimate of drug-likeness (QED) is 0.616.